The summed E-state index contributed by atoms with van der Waals surface area (Å²) in [6, 6.07) is -1.30. The number of ether oxygens (including phenoxy) is 3. The number of hydrogen-bond acceptors (Lipinski definition) is 10. The lowest BCUT2D eigenvalue weighted by Gasteiger charge is -2.45. The Balaban J connectivity index is 3.18. The Morgan fingerprint density at radius 2 is 1.86 bits per heavy atom. The van der Waals surface area contributed by atoms with E-state index in [-0.39, 0.29) is 6.61 Å². The van der Waals surface area contributed by atoms with Crippen molar-refractivity contribution < 1.29 is 54.1 Å². The Morgan fingerprint density at radius 3 is 2.32 bits per heavy atom. The fraction of sp³-hybridized carbons (Fsp3) is 0.812. The van der Waals surface area contributed by atoms with Crippen molar-refractivity contribution in [3.8, 4) is 0 Å². The minimum Gasteiger partial charge on any atom is -0.477 e. The molecule has 1 aliphatic heterocycles. The van der Waals surface area contributed by atoms with E-state index in [4.69, 9.17) is 14.2 Å². The lowest BCUT2D eigenvalue weighted by Crippen LogP contribution is -2.67. The molecular formula is C16H27NO11. The van der Waals surface area contributed by atoms with E-state index in [1.165, 1.54) is 6.92 Å². The highest BCUT2D eigenvalue weighted by Crippen LogP contribution is 2.31. The van der Waals surface area contributed by atoms with Gasteiger partial charge in [0, 0.05) is 20.3 Å². The number of aliphatic hydroxyl groups is 4. The number of carbonyl (C=O) groups is 3. The Hall–Kier alpha value is -1.83. The summed E-state index contributed by atoms with van der Waals surface area (Å²) in [5, 5.41) is 51.6. The molecule has 0 aliphatic carbocycles. The Kier molecular flexibility index (Phi) is 8.73. The molecule has 0 spiro atoms. The predicted molar refractivity (Wildman–Crippen MR) is 89.7 cm³/mol. The number of carboxylic acids is 1. The number of carbonyl (C=O) groups excluding carboxylic acids is 2. The molecule has 1 saturated heterocycles. The van der Waals surface area contributed by atoms with Crippen LogP contribution in [0.2, 0.25) is 0 Å². The Bertz CT molecular complexity index is 569. The highest BCUT2D eigenvalue weighted by molar-refractivity contribution is 5.76. The van der Waals surface area contributed by atoms with Crippen LogP contribution in [0, 0.1) is 0 Å². The standard InChI is InChI=1S/C16H27NO11/c1-7(18)5-26-6-11(22)13(27-9(3)20)14-12(17-8(2)19)10(21)4-16(25,28-14)15(23)24/h7,10-14,18,21-22,25H,4-6H2,1-3H3,(H,17,19)(H,23,24)/t7?,10-,11?,12+,13?,14+,16?/m0/s1. The molecule has 0 aromatic heterocycles. The van der Waals surface area contributed by atoms with E-state index in [9.17, 15) is 39.9 Å². The second-order valence-corrected chi connectivity index (χ2v) is 6.70. The van der Waals surface area contributed by atoms with Crippen molar-refractivity contribution in [2.75, 3.05) is 13.2 Å². The first kappa shape index (κ1) is 24.2. The Labute approximate surface area is 161 Å². The fourth-order valence-electron chi connectivity index (χ4n) is 2.81. The number of aliphatic carboxylic acids is 1. The summed E-state index contributed by atoms with van der Waals surface area (Å²) in [5.41, 5.74) is 0. The molecule has 0 radical (unpaired) electrons. The van der Waals surface area contributed by atoms with E-state index in [1.807, 2.05) is 0 Å². The van der Waals surface area contributed by atoms with Gasteiger partial charge in [0.25, 0.3) is 5.79 Å². The molecular weight excluding hydrogens is 382 g/mol. The first-order chi connectivity index (χ1) is 12.9. The van der Waals surface area contributed by atoms with E-state index in [0.29, 0.717) is 0 Å². The quantitative estimate of drug-likeness (QED) is 0.214. The number of nitrogens with one attached hydrogen (secondary N) is 1. The number of amides is 1. The number of esters is 1. The SMILES string of the molecule is CC(=O)N[C@@H]1[C@@H](O)CC(O)(C(=O)O)O[C@H]1C(OC(C)=O)C(O)COCC(C)O. The fourth-order valence-corrected chi connectivity index (χ4v) is 2.81. The first-order valence-corrected chi connectivity index (χ1v) is 8.57. The van der Waals surface area contributed by atoms with Crippen molar-refractivity contribution in [1.82, 2.24) is 5.32 Å². The van der Waals surface area contributed by atoms with Gasteiger partial charge in [0.05, 0.1) is 31.5 Å². The molecule has 0 saturated carbocycles. The minimum absolute atomic E-state index is 0.147. The normalized spacial score (nSPS) is 30.8. The third-order valence-electron chi connectivity index (χ3n) is 3.94. The van der Waals surface area contributed by atoms with Gasteiger partial charge in [-0.2, -0.15) is 0 Å². The summed E-state index contributed by atoms with van der Waals surface area (Å²) in [7, 11) is 0. The van der Waals surface area contributed by atoms with Crippen LogP contribution in [-0.2, 0) is 28.6 Å². The average Bonchev–Trinajstić information content (AvgIpc) is 2.54. The van der Waals surface area contributed by atoms with Crippen LogP contribution < -0.4 is 5.32 Å². The van der Waals surface area contributed by atoms with Gasteiger partial charge in [-0.3, -0.25) is 9.59 Å². The lowest BCUT2D eigenvalue weighted by atomic mass is 9.88. The van der Waals surface area contributed by atoms with Gasteiger partial charge in [-0.25, -0.2) is 4.79 Å². The first-order valence-electron chi connectivity index (χ1n) is 8.57. The van der Waals surface area contributed by atoms with Crippen LogP contribution in [0.15, 0.2) is 0 Å². The second kappa shape index (κ2) is 10.1. The maximum absolute atomic E-state index is 11.5. The van der Waals surface area contributed by atoms with Crippen molar-refractivity contribution in [2.24, 2.45) is 0 Å². The van der Waals surface area contributed by atoms with E-state index >= 15 is 0 Å². The predicted octanol–water partition coefficient (Wildman–Crippen LogP) is -2.90. The van der Waals surface area contributed by atoms with Crippen LogP contribution in [0.3, 0.4) is 0 Å². The smallest absolute Gasteiger partial charge is 0.364 e. The highest BCUT2D eigenvalue weighted by Gasteiger charge is 2.55. The van der Waals surface area contributed by atoms with Gasteiger partial charge in [-0.15, -0.1) is 0 Å². The van der Waals surface area contributed by atoms with Crippen molar-refractivity contribution >= 4 is 17.8 Å². The van der Waals surface area contributed by atoms with Crippen molar-refractivity contribution in [2.45, 2.75) is 69.5 Å². The summed E-state index contributed by atoms with van der Waals surface area (Å²) in [5.74, 6) is -6.12. The molecule has 4 unspecified atom stereocenters. The lowest BCUT2D eigenvalue weighted by molar-refractivity contribution is -0.296. The molecule has 12 heteroatoms. The van der Waals surface area contributed by atoms with Crippen molar-refractivity contribution in [3.05, 3.63) is 0 Å². The molecule has 0 aromatic rings. The average molecular weight is 409 g/mol. The highest BCUT2D eigenvalue weighted by atomic mass is 16.7. The third-order valence-corrected chi connectivity index (χ3v) is 3.94. The van der Waals surface area contributed by atoms with Crippen LogP contribution in [0.1, 0.15) is 27.2 Å². The van der Waals surface area contributed by atoms with E-state index < -0.39 is 73.2 Å². The molecule has 28 heavy (non-hydrogen) atoms. The van der Waals surface area contributed by atoms with Crippen molar-refractivity contribution in [3.63, 3.8) is 0 Å². The number of carboxylic acid groups (broad SMARTS) is 1. The molecule has 1 rings (SSSR count). The maximum atomic E-state index is 11.5. The topological polar surface area (TPSA) is 192 Å². The van der Waals surface area contributed by atoms with Gasteiger partial charge in [0.1, 0.15) is 12.2 Å². The van der Waals surface area contributed by atoms with Crippen LogP contribution in [0.4, 0.5) is 0 Å². The van der Waals surface area contributed by atoms with Crippen LogP contribution in [-0.4, -0.2) is 98.9 Å². The van der Waals surface area contributed by atoms with Gasteiger partial charge in [-0.1, -0.05) is 0 Å². The van der Waals surface area contributed by atoms with Gasteiger partial charge < -0.3 is 45.1 Å². The monoisotopic (exact) mass is 409 g/mol. The largest absolute Gasteiger partial charge is 0.477 e. The third kappa shape index (κ3) is 6.65. The molecule has 0 bridgehead atoms. The van der Waals surface area contributed by atoms with Gasteiger partial charge in [0.15, 0.2) is 6.10 Å². The zero-order valence-corrected chi connectivity index (χ0v) is 15.8. The van der Waals surface area contributed by atoms with E-state index in [2.05, 4.69) is 5.32 Å². The summed E-state index contributed by atoms with van der Waals surface area (Å²) in [6.07, 6.45) is -8.02. The molecule has 1 fully saturated rings. The molecule has 7 atom stereocenters. The number of rotatable bonds is 9. The minimum atomic E-state index is -2.84. The maximum Gasteiger partial charge on any atom is 0.364 e. The summed E-state index contributed by atoms with van der Waals surface area (Å²) < 4.78 is 15.3. The second-order valence-electron chi connectivity index (χ2n) is 6.70. The molecule has 162 valence electrons. The number of aliphatic hydroxyl groups excluding tert-OH is 3. The molecule has 12 nitrogen and oxygen atoms in total. The summed E-state index contributed by atoms with van der Waals surface area (Å²) in [6.45, 7) is 3.00. The van der Waals surface area contributed by atoms with Gasteiger partial charge in [-0.05, 0) is 6.92 Å². The van der Waals surface area contributed by atoms with Crippen LogP contribution in [0.5, 0.6) is 0 Å². The molecule has 0 aromatic carbocycles. The summed E-state index contributed by atoms with van der Waals surface area (Å²) in [4.78, 5) is 34.3. The Morgan fingerprint density at radius 1 is 1.25 bits per heavy atom. The zero-order chi connectivity index (χ0) is 21.6. The van der Waals surface area contributed by atoms with E-state index in [0.717, 1.165) is 13.8 Å². The molecule has 6 N–H and O–H groups in total. The van der Waals surface area contributed by atoms with E-state index in [1.54, 1.807) is 0 Å². The van der Waals surface area contributed by atoms with Gasteiger partial charge >= 0.3 is 11.9 Å². The van der Waals surface area contributed by atoms with Crippen LogP contribution >= 0.6 is 0 Å². The van der Waals surface area contributed by atoms with Crippen LogP contribution in [0.25, 0.3) is 0 Å². The van der Waals surface area contributed by atoms with Crippen molar-refractivity contribution in [1.29, 1.82) is 0 Å². The molecule has 1 aliphatic rings. The molecule has 1 heterocycles. The zero-order valence-electron chi connectivity index (χ0n) is 15.8. The number of hydrogen-bond donors (Lipinski definition) is 6. The summed E-state index contributed by atoms with van der Waals surface area (Å²) >= 11 is 0. The van der Waals surface area contributed by atoms with Gasteiger partial charge in [0.2, 0.25) is 5.91 Å². The molecule has 1 amide bonds.